The number of hydrogen-bond acceptors (Lipinski definition) is 3. The van der Waals surface area contributed by atoms with E-state index >= 15 is 0 Å². The van der Waals surface area contributed by atoms with Crippen LogP contribution in [0, 0.1) is 0 Å². The van der Waals surface area contributed by atoms with Crippen molar-refractivity contribution >= 4 is 11.9 Å². The van der Waals surface area contributed by atoms with Gasteiger partial charge in [-0.15, -0.1) is 0 Å². The van der Waals surface area contributed by atoms with E-state index in [4.69, 9.17) is 0 Å². The third kappa shape index (κ3) is 4.80. The molecular formula is C5H7O4. The van der Waals surface area contributed by atoms with Gasteiger partial charge in [0.05, 0.1) is 6.61 Å². The Labute approximate surface area is 52.4 Å². The predicted octanol–water partition coefficient (Wildman–Crippen LogP) is -0.103. The summed E-state index contributed by atoms with van der Waals surface area (Å²) >= 11 is 0. The summed E-state index contributed by atoms with van der Waals surface area (Å²) in [4.78, 5) is 19.9. The van der Waals surface area contributed by atoms with Gasteiger partial charge >= 0.3 is 11.9 Å². The first-order valence-corrected chi connectivity index (χ1v) is 2.52. The minimum absolute atomic E-state index is 0.201. The Morgan fingerprint density at radius 1 is 1.44 bits per heavy atom. The van der Waals surface area contributed by atoms with Gasteiger partial charge in [-0.3, -0.25) is 4.79 Å². The average Bonchev–Trinajstić information content (AvgIpc) is 1.63. The van der Waals surface area contributed by atoms with Crippen LogP contribution in [-0.2, 0) is 19.4 Å². The van der Waals surface area contributed by atoms with Crippen LogP contribution < -0.4 is 0 Å². The molecule has 0 aliphatic carbocycles. The number of rotatable bonds is 3. The summed E-state index contributed by atoms with van der Waals surface area (Å²) in [5.41, 5.74) is 0. The fourth-order valence-corrected chi connectivity index (χ4v) is 0.330. The van der Waals surface area contributed by atoms with Gasteiger partial charge in [0.2, 0.25) is 0 Å². The molecule has 0 aromatic heterocycles. The summed E-state index contributed by atoms with van der Waals surface area (Å²) in [6.45, 7) is 1.80. The van der Waals surface area contributed by atoms with Gasteiger partial charge in [0.25, 0.3) is 0 Å². The molecule has 4 nitrogen and oxygen atoms in total. The molecule has 1 radical (unpaired) electrons. The first kappa shape index (κ1) is 7.94. The standard InChI is InChI=1S/C5H7O4/c1-2-9-5(8)3-4(6)7/h2-3H2,1H3. The topological polar surface area (TPSA) is 63.3 Å². The maximum Gasteiger partial charge on any atom is 0.366 e. The summed E-state index contributed by atoms with van der Waals surface area (Å²) in [6, 6.07) is 0. The van der Waals surface area contributed by atoms with Crippen molar-refractivity contribution in [2.75, 3.05) is 6.61 Å². The minimum Gasteiger partial charge on any atom is -0.466 e. The summed E-state index contributed by atoms with van der Waals surface area (Å²) in [6.07, 6.45) is -0.659. The third-order valence-electron chi connectivity index (χ3n) is 0.594. The Kier molecular flexibility index (Phi) is 3.43. The molecular weight excluding hydrogens is 124 g/mol. The highest BCUT2D eigenvalue weighted by Crippen LogP contribution is 1.84. The van der Waals surface area contributed by atoms with Crippen LogP contribution in [-0.4, -0.2) is 18.5 Å². The first-order valence-electron chi connectivity index (χ1n) is 2.52. The lowest BCUT2D eigenvalue weighted by atomic mass is 10.4. The molecule has 0 atom stereocenters. The molecule has 0 saturated carbocycles. The van der Waals surface area contributed by atoms with Gasteiger partial charge < -0.3 is 4.74 Å². The van der Waals surface area contributed by atoms with Gasteiger partial charge in [-0.1, -0.05) is 0 Å². The van der Waals surface area contributed by atoms with Crippen molar-refractivity contribution in [1.82, 2.24) is 0 Å². The number of carbonyl (C=O) groups excluding carboxylic acids is 2. The Morgan fingerprint density at radius 2 is 2.00 bits per heavy atom. The Balaban J connectivity index is 3.39. The van der Waals surface area contributed by atoms with Gasteiger partial charge in [-0.05, 0) is 6.92 Å². The highest BCUT2D eigenvalue weighted by Gasteiger charge is 2.08. The minimum atomic E-state index is -1.41. The van der Waals surface area contributed by atoms with Crippen LogP contribution in [0.2, 0.25) is 0 Å². The molecule has 0 aliphatic rings. The van der Waals surface area contributed by atoms with Gasteiger partial charge in [0, 0.05) is 0 Å². The lowest BCUT2D eigenvalue weighted by Gasteiger charge is -1.94. The molecule has 51 valence electrons. The van der Waals surface area contributed by atoms with Crippen LogP contribution in [0.25, 0.3) is 0 Å². The highest BCUT2D eigenvalue weighted by atomic mass is 16.5. The van der Waals surface area contributed by atoms with Gasteiger partial charge in [0.15, 0.2) is 0 Å². The van der Waals surface area contributed by atoms with Crippen molar-refractivity contribution in [3.63, 3.8) is 0 Å². The second-order valence-corrected chi connectivity index (χ2v) is 1.35. The van der Waals surface area contributed by atoms with E-state index in [0.717, 1.165) is 0 Å². The monoisotopic (exact) mass is 131 g/mol. The molecule has 0 unspecified atom stereocenters. The van der Waals surface area contributed by atoms with Crippen molar-refractivity contribution in [2.24, 2.45) is 0 Å². The van der Waals surface area contributed by atoms with Gasteiger partial charge in [-0.25, -0.2) is 9.90 Å². The zero-order valence-corrected chi connectivity index (χ0v) is 5.05. The van der Waals surface area contributed by atoms with Crippen LogP contribution in [0.3, 0.4) is 0 Å². The molecule has 0 aromatic rings. The third-order valence-corrected chi connectivity index (χ3v) is 0.594. The molecule has 0 aromatic carbocycles. The van der Waals surface area contributed by atoms with Crippen LogP contribution >= 0.6 is 0 Å². The van der Waals surface area contributed by atoms with Gasteiger partial charge in [-0.2, -0.15) is 0 Å². The largest absolute Gasteiger partial charge is 0.466 e. The van der Waals surface area contributed by atoms with Crippen molar-refractivity contribution < 1.29 is 19.4 Å². The predicted molar refractivity (Wildman–Crippen MR) is 26.9 cm³/mol. The van der Waals surface area contributed by atoms with Crippen molar-refractivity contribution in [3.05, 3.63) is 0 Å². The summed E-state index contributed by atoms with van der Waals surface area (Å²) < 4.78 is 4.29. The van der Waals surface area contributed by atoms with E-state index in [-0.39, 0.29) is 6.61 Å². The highest BCUT2D eigenvalue weighted by molar-refractivity contribution is 5.89. The van der Waals surface area contributed by atoms with E-state index in [0.29, 0.717) is 0 Å². The van der Waals surface area contributed by atoms with Crippen LogP contribution in [0.5, 0.6) is 0 Å². The summed E-state index contributed by atoms with van der Waals surface area (Å²) in [7, 11) is 0. The fraction of sp³-hybridized carbons (Fsp3) is 0.600. The average molecular weight is 131 g/mol. The molecule has 0 N–H and O–H groups in total. The molecule has 4 heteroatoms. The Morgan fingerprint density at radius 3 is 2.33 bits per heavy atom. The second kappa shape index (κ2) is 3.88. The van der Waals surface area contributed by atoms with E-state index in [1.807, 2.05) is 0 Å². The van der Waals surface area contributed by atoms with Gasteiger partial charge in [0.1, 0.15) is 6.42 Å². The molecule has 0 heterocycles. The quantitative estimate of drug-likeness (QED) is 0.396. The number of hydrogen-bond donors (Lipinski definition) is 0. The SMILES string of the molecule is CCOC(=O)CC([O])=O. The van der Waals surface area contributed by atoms with E-state index in [2.05, 4.69) is 4.74 Å². The van der Waals surface area contributed by atoms with E-state index in [1.165, 1.54) is 0 Å². The Bertz CT molecular complexity index is 118. The first-order chi connectivity index (χ1) is 4.16. The summed E-state index contributed by atoms with van der Waals surface area (Å²) in [5.74, 6) is -2.16. The van der Waals surface area contributed by atoms with E-state index in [9.17, 15) is 14.7 Å². The second-order valence-electron chi connectivity index (χ2n) is 1.35. The van der Waals surface area contributed by atoms with E-state index < -0.39 is 18.4 Å². The molecule has 9 heavy (non-hydrogen) atoms. The Hall–Kier alpha value is -1.06. The zero-order valence-electron chi connectivity index (χ0n) is 5.05. The van der Waals surface area contributed by atoms with Crippen molar-refractivity contribution in [1.29, 1.82) is 0 Å². The molecule has 0 aliphatic heterocycles. The zero-order chi connectivity index (χ0) is 7.28. The molecule has 0 spiro atoms. The lowest BCUT2D eigenvalue weighted by molar-refractivity contribution is -0.153. The van der Waals surface area contributed by atoms with Crippen LogP contribution in [0.4, 0.5) is 0 Å². The maximum atomic E-state index is 10.2. The van der Waals surface area contributed by atoms with Crippen LogP contribution in [0.1, 0.15) is 13.3 Å². The molecule has 0 amide bonds. The van der Waals surface area contributed by atoms with Crippen molar-refractivity contribution in [2.45, 2.75) is 13.3 Å². The maximum absolute atomic E-state index is 10.2. The number of carbonyl (C=O) groups is 2. The smallest absolute Gasteiger partial charge is 0.366 e. The molecule has 0 bridgehead atoms. The van der Waals surface area contributed by atoms with Crippen molar-refractivity contribution in [3.8, 4) is 0 Å². The molecule has 0 fully saturated rings. The summed E-state index contributed by atoms with van der Waals surface area (Å²) in [5, 5.41) is 9.67. The molecule has 0 rings (SSSR count). The normalized spacial score (nSPS) is 8.56. The number of ether oxygens (including phenoxy) is 1. The molecule has 0 saturated heterocycles. The lowest BCUT2D eigenvalue weighted by Crippen LogP contribution is -2.08. The number of esters is 1. The fourth-order valence-electron chi connectivity index (χ4n) is 0.330. The van der Waals surface area contributed by atoms with E-state index in [1.54, 1.807) is 6.92 Å². The van der Waals surface area contributed by atoms with Crippen LogP contribution in [0.15, 0.2) is 0 Å².